The van der Waals surface area contributed by atoms with Gasteiger partial charge in [-0.2, -0.15) is 0 Å². The van der Waals surface area contributed by atoms with Crippen LogP contribution in [0.15, 0.2) is 18.2 Å². The first kappa shape index (κ1) is 16.4. The van der Waals surface area contributed by atoms with Gasteiger partial charge in [-0.25, -0.2) is 4.79 Å². The zero-order chi connectivity index (χ0) is 17.1. The first-order valence-electron chi connectivity index (χ1n) is 8.16. The van der Waals surface area contributed by atoms with Gasteiger partial charge in [0.15, 0.2) is 11.5 Å². The summed E-state index contributed by atoms with van der Waals surface area (Å²) >= 11 is 0. The van der Waals surface area contributed by atoms with Gasteiger partial charge >= 0.3 is 12.0 Å². The Morgan fingerprint density at radius 2 is 1.92 bits per heavy atom. The Kier molecular flexibility index (Phi) is 4.78. The number of rotatable bonds is 4. The quantitative estimate of drug-likeness (QED) is 0.881. The van der Waals surface area contributed by atoms with E-state index in [1.165, 1.54) is 0 Å². The number of hydrogen-bond acceptors (Lipinski definition) is 4. The van der Waals surface area contributed by atoms with Gasteiger partial charge in [-0.1, -0.05) is 6.07 Å². The fraction of sp³-hybridized carbons (Fsp3) is 0.529. The van der Waals surface area contributed by atoms with Gasteiger partial charge in [-0.15, -0.1) is 0 Å². The SMILES string of the molecule is CN(Cc1ccc2c(c1)OCO2)C(=O)NC1CCC(C(=O)O)CC1. The summed E-state index contributed by atoms with van der Waals surface area (Å²) in [4.78, 5) is 24.9. The van der Waals surface area contributed by atoms with Crippen molar-refractivity contribution in [3.8, 4) is 11.5 Å². The molecule has 2 aliphatic rings. The average Bonchev–Trinajstić information content (AvgIpc) is 3.03. The third-order valence-electron chi connectivity index (χ3n) is 4.61. The minimum atomic E-state index is -0.736. The molecule has 7 nitrogen and oxygen atoms in total. The van der Waals surface area contributed by atoms with E-state index in [0.717, 1.165) is 11.3 Å². The third kappa shape index (κ3) is 3.72. The molecular weight excluding hydrogens is 312 g/mol. The zero-order valence-corrected chi connectivity index (χ0v) is 13.7. The van der Waals surface area contributed by atoms with Crippen molar-refractivity contribution in [2.24, 2.45) is 5.92 Å². The summed E-state index contributed by atoms with van der Waals surface area (Å²) in [6, 6.07) is 5.54. The zero-order valence-electron chi connectivity index (χ0n) is 13.7. The van der Waals surface area contributed by atoms with Crippen LogP contribution in [0.3, 0.4) is 0 Å². The molecule has 0 saturated heterocycles. The van der Waals surface area contributed by atoms with E-state index in [0.29, 0.717) is 38.0 Å². The van der Waals surface area contributed by atoms with Crippen LogP contribution in [0.1, 0.15) is 31.2 Å². The molecule has 0 aromatic heterocycles. The number of amides is 2. The number of carbonyl (C=O) groups excluding carboxylic acids is 1. The van der Waals surface area contributed by atoms with Gasteiger partial charge in [-0.05, 0) is 43.4 Å². The highest BCUT2D eigenvalue weighted by Crippen LogP contribution is 2.32. The lowest BCUT2D eigenvalue weighted by Gasteiger charge is -2.28. The maximum absolute atomic E-state index is 12.3. The molecule has 1 heterocycles. The molecule has 1 fully saturated rings. The number of carbonyl (C=O) groups is 2. The lowest BCUT2D eigenvalue weighted by molar-refractivity contribution is -0.142. The number of benzene rings is 1. The number of nitrogens with one attached hydrogen (secondary N) is 1. The Labute approximate surface area is 140 Å². The maximum atomic E-state index is 12.3. The fourth-order valence-corrected chi connectivity index (χ4v) is 3.15. The predicted molar refractivity (Wildman–Crippen MR) is 85.9 cm³/mol. The molecule has 1 aromatic carbocycles. The van der Waals surface area contributed by atoms with E-state index >= 15 is 0 Å². The number of aliphatic carboxylic acids is 1. The number of ether oxygens (including phenoxy) is 2. The van der Waals surface area contributed by atoms with Gasteiger partial charge in [0.2, 0.25) is 6.79 Å². The highest BCUT2D eigenvalue weighted by atomic mass is 16.7. The van der Waals surface area contributed by atoms with Crippen molar-refractivity contribution < 1.29 is 24.2 Å². The highest BCUT2D eigenvalue weighted by Gasteiger charge is 2.27. The molecule has 2 amide bonds. The van der Waals surface area contributed by atoms with E-state index in [2.05, 4.69) is 5.32 Å². The summed E-state index contributed by atoms with van der Waals surface area (Å²) in [6.45, 7) is 0.696. The molecule has 1 saturated carbocycles. The Balaban J connectivity index is 1.49. The summed E-state index contributed by atoms with van der Waals surface area (Å²) in [5.41, 5.74) is 0.964. The van der Waals surface area contributed by atoms with Gasteiger partial charge in [0.1, 0.15) is 0 Å². The summed E-state index contributed by atoms with van der Waals surface area (Å²) < 4.78 is 10.6. The monoisotopic (exact) mass is 334 g/mol. The topological polar surface area (TPSA) is 88.1 Å². The van der Waals surface area contributed by atoms with Crippen molar-refractivity contribution in [2.45, 2.75) is 38.3 Å². The van der Waals surface area contributed by atoms with E-state index in [1.807, 2.05) is 18.2 Å². The minimum absolute atomic E-state index is 0.0484. The molecule has 0 radical (unpaired) electrons. The third-order valence-corrected chi connectivity index (χ3v) is 4.61. The van der Waals surface area contributed by atoms with Crippen LogP contribution < -0.4 is 14.8 Å². The lowest BCUT2D eigenvalue weighted by Crippen LogP contribution is -2.44. The molecule has 2 N–H and O–H groups in total. The largest absolute Gasteiger partial charge is 0.481 e. The maximum Gasteiger partial charge on any atom is 0.317 e. The molecule has 1 aromatic rings. The standard InChI is InChI=1S/C17H22N2O5/c1-19(9-11-2-7-14-15(8-11)24-10-23-14)17(22)18-13-5-3-12(4-6-13)16(20)21/h2,7-8,12-13H,3-6,9-10H2,1H3,(H,18,22)(H,20,21). The molecule has 1 aliphatic heterocycles. The molecular formula is C17H22N2O5. The van der Waals surface area contributed by atoms with E-state index in [-0.39, 0.29) is 24.8 Å². The normalized spacial score (nSPS) is 22.0. The number of fused-ring (bicyclic) bond motifs is 1. The Hall–Kier alpha value is -2.44. The highest BCUT2D eigenvalue weighted by molar-refractivity contribution is 5.74. The first-order valence-corrected chi connectivity index (χ1v) is 8.16. The van der Waals surface area contributed by atoms with Crippen molar-refractivity contribution in [1.82, 2.24) is 10.2 Å². The number of urea groups is 1. The van der Waals surface area contributed by atoms with Crippen LogP contribution >= 0.6 is 0 Å². The van der Waals surface area contributed by atoms with Gasteiger partial charge in [0.25, 0.3) is 0 Å². The molecule has 1 aliphatic carbocycles. The summed E-state index contributed by atoms with van der Waals surface area (Å²) in [7, 11) is 1.74. The van der Waals surface area contributed by atoms with Gasteiger partial charge in [0, 0.05) is 19.6 Å². The second-order valence-corrected chi connectivity index (χ2v) is 6.38. The Morgan fingerprint density at radius 1 is 1.21 bits per heavy atom. The van der Waals surface area contributed by atoms with Gasteiger partial charge in [-0.3, -0.25) is 4.79 Å². The van der Waals surface area contributed by atoms with Crippen molar-refractivity contribution in [3.05, 3.63) is 23.8 Å². The molecule has 0 spiro atoms. The molecule has 3 rings (SSSR count). The Bertz CT molecular complexity index is 625. The number of carboxylic acid groups (broad SMARTS) is 1. The fourth-order valence-electron chi connectivity index (χ4n) is 3.15. The van der Waals surface area contributed by atoms with Crippen LogP contribution in [-0.2, 0) is 11.3 Å². The molecule has 24 heavy (non-hydrogen) atoms. The molecule has 0 atom stereocenters. The van der Waals surface area contributed by atoms with Crippen molar-refractivity contribution in [3.63, 3.8) is 0 Å². The summed E-state index contributed by atoms with van der Waals surface area (Å²) in [5, 5.41) is 12.0. The van der Waals surface area contributed by atoms with Crippen molar-refractivity contribution in [2.75, 3.05) is 13.8 Å². The Morgan fingerprint density at radius 3 is 2.62 bits per heavy atom. The van der Waals surface area contributed by atoms with E-state index in [9.17, 15) is 9.59 Å². The summed E-state index contributed by atoms with van der Waals surface area (Å²) in [6.07, 6.45) is 2.65. The molecule has 7 heteroatoms. The van der Waals surface area contributed by atoms with E-state index in [1.54, 1.807) is 11.9 Å². The minimum Gasteiger partial charge on any atom is -0.481 e. The predicted octanol–water partition coefficient (Wildman–Crippen LogP) is 2.20. The van der Waals surface area contributed by atoms with Crippen LogP contribution in [0, 0.1) is 5.92 Å². The first-order chi connectivity index (χ1) is 11.5. The molecule has 0 unspecified atom stereocenters. The van der Waals surface area contributed by atoms with Crippen molar-refractivity contribution >= 4 is 12.0 Å². The molecule has 0 bridgehead atoms. The van der Waals surface area contributed by atoms with Crippen LogP contribution in [-0.4, -0.2) is 41.9 Å². The smallest absolute Gasteiger partial charge is 0.317 e. The van der Waals surface area contributed by atoms with E-state index in [4.69, 9.17) is 14.6 Å². The average molecular weight is 334 g/mol. The van der Waals surface area contributed by atoms with Gasteiger partial charge in [0.05, 0.1) is 5.92 Å². The van der Waals surface area contributed by atoms with Crippen LogP contribution in [0.5, 0.6) is 11.5 Å². The summed E-state index contributed by atoms with van der Waals surface area (Å²) in [5.74, 6) is 0.415. The van der Waals surface area contributed by atoms with Crippen LogP contribution in [0.4, 0.5) is 4.79 Å². The number of carboxylic acids is 1. The second-order valence-electron chi connectivity index (χ2n) is 6.38. The van der Waals surface area contributed by atoms with Gasteiger partial charge < -0.3 is 24.8 Å². The number of nitrogens with zero attached hydrogens (tertiary/aromatic N) is 1. The van der Waals surface area contributed by atoms with Crippen molar-refractivity contribution in [1.29, 1.82) is 0 Å². The second kappa shape index (κ2) is 6.98. The molecule has 130 valence electrons. The number of hydrogen-bond donors (Lipinski definition) is 2. The van der Waals surface area contributed by atoms with E-state index < -0.39 is 5.97 Å². The van der Waals surface area contributed by atoms with Crippen LogP contribution in [0.2, 0.25) is 0 Å². The lowest BCUT2D eigenvalue weighted by atomic mass is 9.86. The van der Waals surface area contributed by atoms with Crippen LogP contribution in [0.25, 0.3) is 0 Å².